The van der Waals surface area contributed by atoms with E-state index in [9.17, 15) is 32.3 Å². The van der Waals surface area contributed by atoms with Crippen LogP contribution in [0.2, 0.25) is 0 Å². The number of nitrogens with two attached hydrogens (primary N) is 1. The van der Waals surface area contributed by atoms with Crippen molar-refractivity contribution in [3.63, 3.8) is 0 Å². The highest BCUT2D eigenvalue weighted by Gasteiger charge is 2.41. The molecule has 3 aliphatic rings. The molecule has 2 amide bonds. The van der Waals surface area contributed by atoms with Crippen LogP contribution in [0.25, 0.3) is 0 Å². The largest absolute Gasteiger partial charge is 0.506 e. The molecule has 3 heterocycles. The summed E-state index contributed by atoms with van der Waals surface area (Å²) in [5.74, 6) is -2.32. The van der Waals surface area contributed by atoms with E-state index < -0.39 is 40.9 Å². The van der Waals surface area contributed by atoms with Gasteiger partial charge in [-0.05, 0) is 60.9 Å². The molecular formula is C30H33F4N5O3. The molecule has 2 aromatic rings. The molecule has 1 aromatic heterocycles. The Morgan fingerprint density at radius 3 is 2.55 bits per heavy atom. The number of phenolic OH excluding ortho intramolecular Hbond substituents is 1. The van der Waals surface area contributed by atoms with E-state index in [0.717, 1.165) is 29.7 Å². The first-order chi connectivity index (χ1) is 19.9. The van der Waals surface area contributed by atoms with Crippen LogP contribution in [0.5, 0.6) is 5.75 Å². The number of halogens is 4. The van der Waals surface area contributed by atoms with Gasteiger partial charge in [-0.15, -0.1) is 0 Å². The summed E-state index contributed by atoms with van der Waals surface area (Å²) in [4.78, 5) is 34.4. The SMILES string of the molecule is C=CC(=O)N1CCCC2=C(N(C)c3ccc(C4CCC4)cc3O)CCN(C(=O)c3cnc(C(F)(F)F)c(F)c3N)C2C1. The van der Waals surface area contributed by atoms with E-state index in [0.29, 0.717) is 43.6 Å². The van der Waals surface area contributed by atoms with Crippen LogP contribution in [-0.2, 0) is 11.0 Å². The van der Waals surface area contributed by atoms with E-state index in [4.69, 9.17) is 5.73 Å². The second-order valence-corrected chi connectivity index (χ2v) is 11.0. The van der Waals surface area contributed by atoms with E-state index >= 15 is 0 Å². The second-order valence-electron chi connectivity index (χ2n) is 11.0. The van der Waals surface area contributed by atoms with Crippen molar-refractivity contribution in [3.05, 3.63) is 71.0 Å². The number of hydrogen-bond donors (Lipinski definition) is 2. The van der Waals surface area contributed by atoms with Crippen molar-refractivity contribution in [3.8, 4) is 5.75 Å². The Hall–Kier alpha value is -4.09. The third-order valence-electron chi connectivity index (χ3n) is 8.65. The monoisotopic (exact) mass is 587 g/mol. The van der Waals surface area contributed by atoms with Gasteiger partial charge in [0.15, 0.2) is 11.5 Å². The number of pyridine rings is 1. The lowest BCUT2D eigenvalue weighted by Gasteiger charge is -2.42. The van der Waals surface area contributed by atoms with E-state index in [-0.39, 0.29) is 24.7 Å². The van der Waals surface area contributed by atoms with Crippen LogP contribution in [-0.4, -0.2) is 64.4 Å². The summed E-state index contributed by atoms with van der Waals surface area (Å²) in [6.07, 6.45) is 1.59. The van der Waals surface area contributed by atoms with E-state index in [2.05, 4.69) is 11.6 Å². The predicted molar refractivity (Wildman–Crippen MR) is 149 cm³/mol. The molecule has 0 spiro atoms. The molecule has 42 heavy (non-hydrogen) atoms. The second kappa shape index (κ2) is 11.3. The molecule has 224 valence electrons. The molecule has 5 rings (SSSR count). The molecule has 1 atom stereocenters. The number of fused-ring (bicyclic) bond motifs is 1. The predicted octanol–water partition coefficient (Wildman–Crippen LogP) is 5.21. The molecule has 1 saturated heterocycles. The average molecular weight is 588 g/mol. The van der Waals surface area contributed by atoms with E-state index in [1.54, 1.807) is 11.0 Å². The number of carbonyl (C=O) groups excluding carboxylic acids is 2. The Balaban J connectivity index is 1.53. The van der Waals surface area contributed by atoms with Crippen molar-refractivity contribution in [2.24, 2.45) is 0 Å². The third-order valence-corrected chi connectivity index (χ3v) is 8.65. The number of amides is 2. The zero-order chi connectivity index (χ0) is 30.3. The first kappa shape index (κ1) is 29.4. The van der Waals surface area contributed by atoms with Gasteiger partial charge in [0.1, 0.15) is 5.75 Å². The Kier molecular flexibility index (Phi) is 7.91. The highest BCUT2D eigenvalue weighted by atomic mass is 19.4. The van der Waals surface area contributed by atoms with Crippen molar-refractivity contribution in [2.75, 3.05) is 37.3 Å². The van der Waals surface area contributed by atoms with Crippen LogP contribution in [0.15, 0.2) is 48.3 Å². The van der Waals surface area contributed by atoms with Crippen LogP contribution in [0.4, 0.5) is 28.9 Å². The van der Waals surface area contributed by atoms with Gasteiger partial charge in [-0.2, -0.15) is 13.2 Å². The van der Waals surface area contributed by atoms with Crippen LogP contribution in [0, 0.1) is 5.82 Å². The van der Waals surface area contributed by atoms with Gasteiger partial charge in [0.2, 0.25) is 5.91 Å². The fourth-order valence-electron chi connectivity index (χ4n) is 6.15. The molecule has 3 N–H and O–H groups in total. The lowest BCUT2D eigenvalue weighted by molar-refractivity contribution is -0.143. The summed E-state index contributed by atoms with van der Waals surface area (Å²) in [5.41, 5.74) is 5.91. The average Bonchev–Trinajstić information content (AvgIpc) is 3.14. The standard InChI is InChI=1S/C30H33F4N5O3/c1-3-25(41)38-12-5-8-19-21(37(2)22-10-9-18(14-24(22)40)17-6-4-7-17)11-13-39(23(19)16-38)29(42)20-15-36-28(30(32,33)34)26(31)27(20)35/h3,9-10,14-15,17,23,40H,1,4-8,11-13,16H2,2H3,(H2,35,36). The van der Waals surface area contributed by atoms with Crippen molar-refractivity contribution >= 4 is 23.2 Å². The summed E-state index contributed by atoms with van der Waals surface area (Å²) in [5, 5.41) is 11.0. The summed E-state index contributed by atoms with van der Waals surface area (Å²) in [7, 11) is 1.83. The van der Waals surface area contributed by atoms with Gasteiger partial charge in [0.05, 0.1) is 23.0 Å². The molecule has 1 saturated carbocycles. The molecule has 1 unspecified atom stereocenters. The molecule has 1 aromatic carbocycles. The quantitative estimate of drug-likeness (QED) is 0.368. The molecule has 1 aliphatic carbocycles. The Morgan fingerprint density at radius 2 is 1.93 bits per heavy atom. The number of aromatic nitrogens is 1. The van der Waals surface area contributed by atoms with Gasteiger partial charge in [0.25, 0.3) is 5.91 Å². The molecule has 0 bridgehead atoms. The van der Waals surface area contributed by atoms with Crippen LogP contribution in [0.3, 0.4) is 0 Å². The van der Waals surface area contributed by atoms with Crippen LogP contribution < -0.4 is 10.6 Å². The Morgan fingerprint density at radius 1 is 1.19 bits per heavy atom. The molecule has 2 fully saturated rings. The third kappa shape index (κ3) is 5.30. The number of likely N-dealkylation sites (tertiary alicyclic amines) is 1. The zero-order valence-electron chi connectivity index (χ0n) is 23.3. The van der Waals surface area contributed by atoms with Crippen molar-refractivity contribution < 1.29 is 32.3 Å². The van der Waals surface area contributed by atoms with Crippen molar-refractivity contribution in [1.29, 1.82) is 0 Å². The number of alkyl halides is 3. The number of carbonyl (C=O) groups is 2. The summed E-state index contributed by atoms with van der Waals surface area (Å²) >= 11 is 0. The fraction of sp³-hybridized carbons (Fsp3) is 0.433. The number of nitrogens with zero attached hydrogens (tertiary/aromatic N) is 4. The summed E-state index contributed by atoms with van der Waals surface area (Å²) in [6.45, 7) is 4.19. The van der Waals surface area contributed by atoms with Gasteiger partial charge >= 0.3 is 6.18 Å². The first-order valence-electron chi connectivity index (χ1n) is 13.9. The van der Waals surface area contributed by atoms with Gasteiger partial charge in [-0.25, -0.2) is 9.37 Å². The van der Waals surface area contributed by atoms with E-state index in [1.165, 1.54) is 17.4 Å². The minimum Gasteiger partial charge on any atom is -0.506 e. The molecule has 12 heteroatoms. The normalized spacial score (nSPS) is 19.6. The topological polar surface area (TPSA) is 103 Å². The lowest BCUT2D eigenvalue weighted by atomic mass is 9.80. The number of phenols is 1. The number of aromatic hydroxyl groups is 1. The minimum atomic E-state index is -5.07. The maximum Gasteiger partial charge on any atom is 0.436 e. The molecule has 8 nitrogen and oxygen atoms in total. The fourth-order valence-corrected chi connectivity index (χ4v) is 6.15. The number of nitrogen functional groups attached to an aromatic ring is 1. The van der Waals surface area contributed by atoms with Crippen LogP contribution >= 0.6 is 0 Å². The smallest absolute Gasteiger partial charge is 0.436 e. The Bertz CT molecular complexity index is 1450. The first-order valence-corrected chi connectivity index (χ1v) is 13.9. The highest BCUT2D eigenvalue weighted by Crippen LogP contribution is 2.42. The molecule has 0 radical (unpaired) electrons. The lowest BCUT2D eigenvalue weighted by Crippen LogP contribution is -2.51. The Labute approximate surface area is 241 Å². The maximum absolute atomic E-state index is 14.6. The number of benzene rings is 1. The summed E-state index contributed by atoms with van der Waals surface area (Å²) in [6, 6.07) is 5.02. The molecular weight excluding hydrogens is 554 g/mol. The minimum absolute atomic E-state index is 0.103. The van der Waals surface area contributed by atoms with E-state index in [1.807, 2.05) is 24.1 Å². The summed E-state index contributed by atoms with van der Waals surface area (Å²) < 4.78 is 54.1. The zero-order valence-corrected chi connectivity index (χ0v) is 23.3. The van der Waals surface area contributed by atoms with Crippen molar-refractivity contribution in [1.82, 2.24) is 14.8 Å². The van der Waals surface area contributed by atoms with Gasteiger partial charge in [-0.3, -0.25) is 9.59 Å². The number of hydrogen-bond acceptors (Lipinski definition) is 6. The van der Waals surface area contributed by atoms with Gasteiger partial charge in [-0.1, -0.05) is 19.1 Å². The number of anilines is 2. The van der Waals surface area contributed by atoms with Gasteiger partial charge in [0, 0.05) is 45.0 Å². The van der Waals surface area contributed by atoms with Crippen molar-refractivity contribution in [2.45, 2.75) is 56.7 Å². The number of rotatable bonds is 5. The van der Waals surface area contributed by atoms with Crippen LogP contribution in [0.1, 0.15) is 66.1 Å². The highest BCUT2D eigenvalue weighted by molar-refractivity contribution is 5.99. The maximum atomic E-state index is 14.6. The van der Waals surface area contributed by atoms with Gasteiger partial charge < -0.3 is 25.5 Å². The molecule has 2 aliphatic heterocycles.